The van der Waals surface area contributed by atoms with E-state index in [0.29, 0.717) is 5.95 Å². The Labute approximate surface area is 141 Å². The molecule has 0 radical (unpaired) electrons. The summed E-state index contributed by atoms with van der Waals surface area (Å²) in [5.41, 5.74) is 5.77. The first kappa shape index (κ1) is 16.1. The maximum Gasteiger partial charge on any atom is 0.222 e. The largest absolute Gasteiger partial charge is 0.493 e. The fourth-order valence-corrected chi connectivity index (χ4v) is 2.42. The molecule has 2 aromatic carbocycles. The Bertz CT molecular complexity index is 777. The van der Waals surface area contributed by atoms with Gasteiger partial charge in [-0.2, -0.15) is 5.10 Å². The monoisotopic (exact) mass is 322 g/mol. The van der Waals surface area contributed by atoms with Crippen LogP contribution in [0.15, 0.2) is 53.6 Å². The first-order valence-corrected chi connectivity index (χ1v) is 8.32. The number of hydrogen-bond donors (Lipinski definition) is 2. The molecule has 1 heterocycles. The number of unbranched alkanes of at least 4 members (excludes halogenated alkanes) is 2. The number of anilines is 1. The van der Waals surface area contributed by atoms with Crippen LogP contribution in [0.3, 0.4) is 0 Å². The van der Waals surface area contributed by atoms with E-state index in [2.05, 4.69) is 27.4 Å². The van der Waals surface area contributed by atoms with Gasteiger partial charge in [0.15, 0.2) is 0 Å². The van der Waals surface area contributed by atoms with Gasteiger partial charge < -0.3 is 9.72 Å². The number of rotatable bonds is 8. The second-order valence-electron chi connectivity index (χ2n) is 5.57. The van der Waals surface area contributed by atoms with Gasteiger partial charge in [-0.3, -0.25) is 0 Å². The fourth-order valence-electron chi connectivity index (χ4n) is 2.42. The van der Waals surface area contributed by atoms with Gasteiger partial charge in [0.1, 0.15) is 5.75 Å². The van der Waals surface area contributed by atoms with Crippen LogP contribution >= 0.6 is 0 Å². The molecule has 3 rings (SSSR count). The molecule has 0 bridgehead atoms. The number of nitrogens with one attached hydrogen (secondary N) is 2. The predicted molar refractivity (Wildman–Crippen MR) is 98.8 cm³/mol. The van der Waals surface area contributed by atoms with Crippen molar-refractivity contribution < 1.29 is 4.74 Å². The molecule has 0 aliphatic carbocycles. The number of para-hydroxylation sites is 3. The van der Waals surface area contributed by atoms with Gasteiger partial charge in [0.2, 0.25) is 5.95 Å². The van der Waals surface area contributed by atoms with Crippen LogP contribution in [0.1, 0.15) is 31.7 Å². The van der Waals surface area contributed by atoms with E-state index in [1.165, 1.54) is 12.8 Å². The molecule has 0 atom stereocenters. The number of nitrogens with zero attached hydrogens (tertiary/aromatic N) is 2. The number of aromatic amines is 1. The quantitative estimate of drug-likeness (QED) is 0.362. The van der Waals surface area contributed by atoms with Crippen molar-refractivity contribution in [2.24, 2.45) is 5.10 Å². The first-order valence-electron chi connectivity index (χ1n) is 8.32. The summed E-state index contributed by atoms with van der Waals surface area (Å²) in [6, 6.07) is 15.8. The molecule has 124 valence electrons. The van der Waals surface area contributed by atoms with Crippen LogP contribution in [0, 0.1) is 0 Å². The van der Waals surface area contributed by atoms with Crippen LogP contribution in [0.2, 0.25) is 0 Å². The van der Waals surface area contributed by atoms with Crippen molar-refractivity contribution in [3.05, 3.63) is 54.1 Å². The van der Waals surface area contributed by atoms with Crippen molar-refractivity contribution in [2.75, 3.05) is 12.0 Å². The van der Waals surface area contributed by atoms with E-state index < -0.39 is 0 Å². The van der Waals surface area contributed by atoms with Crippen LogP contribution in [0.25, 0.3) is 11.0 Å². The minimum Gasteiger partial charge on any atom is -0.493 e. The smallest absolute Gasteiger partial charge is 0.222 e. The van der Waals surface area contributed by atoms with Crippen molar-refractivity contribution in [3.63, 3.8) is 0 Å². The lowest BCUT2D eigenvalue weighted by molar-refractivity contribution is 0.306. The second kappa shape index (κ2) is 8.15. The van der Waals surface area contributed by atoms with E-state index in [9.17, 15) is 0 Å². The summed E-state index contributed by atoms with van der Waals surface area (Å²) in [5, 5.41) is 4.26. The molecule has 0 aliphatic rings. The van der Waals surface area contributed by atoms with Gasteiger partial charge in [0.25, 0.3) is 0 Å². The number of benzene rings is 2. The van der Waals surface area contributed by atoms with Gasteiger partial charge in [0, 0.05) is 5.56 Å². The molecule has 0 aliphatic heterocycles. The summed E-state index contributed by atoms with van der Waals surface area (Å²) in [7, 11) is 0. The number of ether oxygens (including phenoxy) is 1. The van der Waals surface area contributed by atoms with Gasteiger partial charge in [-0.15, -0.1) is 0 Å². The van der Waals surface area contributed by atoms with Gasteiger partial charge in [-0.1, -0.05) is 44.0 Å². The second-order valence-corrected chi connectivity index (χ2v) is 5.57. The lowest BCUT2D eigenvalue weighted by Gasteiger charge is -2.08. The Morgan fingerprint density at radius 1 is 1.12 bits per heavy atom. The molecule has 5 nitrogen and oxygen atoms in total. The molecule has 1 aromatic heterocycles. The SMILES string of the molecule is CCCCCOc1ccccc1/C=N\Nc1nc2ccccc2[nH]1. The van der Waals surface area contributed by atoms with Crippen molar-refractivity contribution in [1.82, 2.24) is 9.97 Å². The zero-order valence-electron chi connectivity index (χ0n) is 13.8. The van der Waals surface area contributed by atoms with Crippen molar-refractivity contribution in [1.29, 1.82) is 0 Å². The average Bonchev–Trinajstić information content (AvgIpc) is 3.02. The first-order chi connectivity index (χ1) is 11.9. The van der Waals surface area contributed by atoms with E-state index in [-0.39, 0.29) is 0 Å². The number of imidazole rings is 1. The van der Waals surface area contributed by atoms with Gasteiger partial charge in [-0.05, 0) is 30.7 Å². The normalized spacial score (nSPS) is 11.2. The molecule has 0 spiro atoms. The molecular formula is C19H22N4O. The lowest BCUT2D eigenvalue weighted by atomic mass is 10.2. The lowest BCUT2D eigenvalue weighted by Crippen LogP contribution is -2.00. The van der Waals surface area contributed by atoms with E-state index in [4.69, 9.17) is 4.74 Å². The third-order valence-corrected chi connectivity index (χ3v) is 3.69. The standard InChI is InChI=1S/C19H22N4O/c1-2-3-8-13-24-18-12-7-4-9-15(18)14-20-23-19-21-16-10-5-6-11-17(16)22-19/h4-7,9-12,14H,2-3,8,13H2,1H3,(H2,21,22,23)/b20-14-. The molecular weight excluding hydrogens is 300 g/mol. The van der Waals surface area contributed by atoms with Crippen molar-refractivity contribution in [3.8, 4) is 5.75 Å². The highest BCUT2D eigenvalue weighted by Gasteiger charge is 2.02. The average molecular weight is 322 g/mol. The van der Waals surface area contributed by atoms with Crippen LogP contribution in [-0.2, 0) is 0 Å². The maximum atomic E-state index is 5.85. The zero-order valence-corrected chi connectivity index (χ0v) is 13.8. The van der Waals surface area contributed by atoms with E-state index in [1.807, 2.05) is 48.5 Å². The Morgan fingerprint density at radius 2 is 1.96 bits per heavy atom. The number of hydrazone groups is 1. The summed E-state index contributed by atoms with van der Waals surface area (Å²) in [6.45, 7) is 2.92. The number of fused-ring (bicyclic) bond motifs is 1. The van der Waals surface area contributed by atoms with Crippen LogP contribution in [0.4, 0.5) is 5.95 Å². The third-order valence-electron chi connectivity index (χ3n) is 3.69. The minimum atomic E-state index is 0.619. The maximum absolute atomic E-state index is 5.85. The summed E-state index contributed by atoms with van der Waals surface area (Å²) in [5.74, 6) is 1.47. The highest BCUT2D eigenvalue weighted by Crippen LogP contribution is 2.17. The van der Waals surface area contributed by atoms with Gasteiger partial charge >= 0.3 is 0 Å². The Hall–Kier alpha value is -2.82. The van der Waals surface area contributed by atoms with E-state index in [1.54, 1.807) is 6.21 Å². The Balaban J connectivity index is 1.63. The molecule has 5 heteroatoms. The molecule has 0 fully saturated rings. The van der Waals surface area contributed by atoms with Crippen LogP contribution in [0.5, 0.6) is 5.75 Å². The third kappa shape index (κ3) is 4.13. The number of hydrogen-bond acceptors (Lipinski definition) is 4. The molecule has 0 unspecified atom stereocenters. The van der Waals surface area contributed by atoms with Crippen LogP contribution in [-0.4, -0.2) is 22.8 Å². The molecule has 24 heavy (non-hydrogen) atoms. The Kier molecular flexibility index (Phi) is 5.45. The summed E-state index contributed by atoms with van der Waals surface area (Å²) >= 11 is 0. The van der Waals surface area contributed by atoms with Crippen molar-refractivity contribution in [2.45, 2.75) is 26.2 Å². The fraction of sp³-hybridized carbons (Fsp3) is 0.263. The summed E-state index contributed by atoms with van der Waals surface area (Å²) in [4.78, 5) is 7.60. The highest BCUT2D eigenvalue weighted by atomic mass is 16.5. The van der Waals surface area contributed by atoms with Gasteiger partial charge in [-0.25, -0.2) is 10.4 Å². The molecule has 0 saturated carbocycles. The topological polar surface area (TPSA) is 62.3 Å². The van der Waals surface area contributed by atoms with E-state index >= 15 is 0 Å². The molecule has 2 N–H and O–H groups in total. The van der Waals surface area contributed by atoms with Crippen molar-refractivity contribution >= 4 is 23.2 Å². The van der Waals surface area contributed by atoms with E-state index in [0.717, 1.165) is 35.4 Å². The summed E-state index contributed by atoms with van der Waals surface area (Å²) in [6.07, 6.45) is 5.19. The molecule has 3 aromatic rings. The predicted octanol–water partition coefficient (Wildman–Crippen LogP) is 4.58. The number of aromatic nitrogens is 2. The zero-order chi connectivity index (χ0) is 16.6. The Morgan fingerprint density at radius 3 is 2.83 bits per heavy atom. The molecule has 0 amide bonds. The highest BCUT2D eigenvalue weighted by molar-refractivity contribution is 5.84. The minimum absolute atomic E-state index is 0.619. The van der Waals surface area contributed by atoms with Gasteiger partial charge in [0.05, 0.1) is 23.9 Å². The number of H-pyrrole nitrogens is 1. The molecule has 0 saturated heterocycles. The van der Waals surface area contributed by atoms with Crippen LogP contribution < -0.4 is 10.2 Å². The summed E-state index contributed by atoms with van der Waals surface area (Å²) < 4.78 is 5.85.